The molecule has 1 aliphatic heterocycles. The zero-order valence-corrected chi connectivity index (χ0v) is 14.7. The molecule has 24 heavy (non-hydrogen) atoms. The zero-order valence-electron chi connectivity index (χ0n) is 13.1. The molecule has 0 spiro atoms. The normalized spacial score (nSPS) is 17.5. The van der Waals surface area contributed by atoms with Gasteiger partial charge >= 0.3 is 0 Å². The Morgan fingerprint density at radius 3 is 2.92 bits per heavy atom. The van der Waals surface area contributed by atoms with Gasteiger partial charge in [0, 0.05) is 23.8 Å². The number of thiazole rings is 1. The Hall–Kier alpha value is -1.92. The summed E-state index contributed by atoms with van der Waals surface area (Å²) in [5, 5.41) is 1.07. The van der Waals surface area contributed by atoms with E-state index in [1.807, 2.05) is 35.2 Å². The Morgan fingerprint density at radius 2 is 2.08 bits per heavy atom. The molecule has 0 N–H and O–H groups in total. The predicted octanol–water partition coefficient (Wildman–Crippen LogP) is 4.15. The first-order chi connectivity index (χ1) is 11.8. The fourth-order valence-electron chi connectivity index (χ4n) is 3.02. The SMILES string of the molecule is O=C(CSc1ccncc1)N1CCC[C@H]1c1nc2ccccc2s1. The van der Waals surface area contributed by atoms with Crippen LogP contribution in [0.5, 0.6) is 0 Å². The van der Waals surface area contributed by atoms with Crippen LogP contribution >= 0.6 is 23.1 Å². The van der Waals surface area contributed by atoms with Gasteiger partial charge in [0.2, 0.25) is 5.91 Å². The third-order valence-electron chi connectivity index (χ3n) is 4.18. The number of thioether (sulfide) groups is 1. The van der Waals surface area contributed by atoms with Gasteiger partial charge in [-0.15, -0.1) is 23.1 Å². The topological polar surface area (TPSA) is 46.1 Å². The minimum atomic E-state index is 0.132. The molecule has 1 amide bonds. The van der Waals surface area contributed by atoms with Crippen molar-refractivity contribution >= 4 is 39.2 Å². The lowest BCUT2D eigenvalue weighted by atomic mass is 10.2. The molecule has 4 nitrogen and oxygen atoms in total. The summed E-state index contributed by atoms with van der Waals surface area (Å²) < 4.78 is 1.19. The number of rotatable bonds is 4. The highest BCUT2D eigenvalue weighted by Gasteiger charge is 2.31. The molecule has 1 atom stereocenters. The van der Waals surface area contributed by atoms with Crippen LogP contribution in [0.15, 0.2) is 53.7 Å². The predicted molar refractivity (Wildman–Crippen MR) is 98.3 cm³/mol. The Labute approximate surface area is 148 Å². The minimum Gasteiger partial charge on any atom is -0.332 e. The van der Waals surface area contributed by atoms with Crippen molar-refractivity contribution in [2.24, 2.45) is 0 Å². The molecule has 4 rings (SSSR count). The molecule has 2 aromatic heterocycles. The number of likely N-dealkylation sites (tertiary alicyclic amines) is 1. The Morgan fingerprint density at radius 1 is 1.25 bits per heavy atom. The largest absolute Gasteiger partial charge is 0.332 e. The van der Waals surface area contributed by atoms with Gasteiger partial charge in [0.25, 0.3) is 0 Å². The lowest BCUT2D eigenvalue weighted by molar-refractivity contribution is -0.129. The van der Waals surface area contributed by atoms with Gasteiger partial charge in [0.05, 0.1) is 22.0 Å². The van der Waals surface area contributed by atoms with E-state index in [0.29, 0.717) is 5.75 Å². The van der Waals surface area contributed by atoms with E-state index in [1.165, 1.54) is 4.70 Å². The number of benzene rings is 1. The van der Waals surface area contributed by atoms with Crippen molar-refractivity contribution < 1.29 is 4.79 Å². The molecular weight excluding hydrogens is 338 g/mol. The summed E-state index contributed by atoms with van der Waals surface area (Å²) in [6.45, 7) is 0.830. The maximum Gasteiger partial charge on any atom is 0.233 e. The van der Waals surface area contributed by atoms with Crippen LogP contribution in [-0.2, 0) is 4.79 Å². The first-order valence-electron chi connectivity index (χ1n) is 7.99. The summed E-state index contributed by atoms with van der Waals surface area (Å²) in [6, 6.07) is 12.2. The molecule has 0 unspecified atom stereocenters. The minimum absolute atomic E-state index is 0.132. The molecule has 3 aromatic rings. The highest BCUT2D eigenvalue weighted by molar-refractivity contribution is 8.00. The number of para-hydroxylation sites is 1. The van der Waals surface area contributed by atoms with E-state index >= 15 is 0 Å². The van der Waals surface area contributed by atoms with Crippen LogP contribution in [0.4, 0.5) is 0 Å². The van der Waals surface area contributed by atoms with Gasteiger partial charge in [0.15, 0.2) is 0 Å². The lowest BCUT2D eigenvalue weighted by Crippen LogP contribution is -2.31. The summed E-state index contributed by atoms with van der Waals surface area (Å²) in [5.41, 5.74) is 1.03. The third-order valence-corrected chi connectivity index (χ3v) is 6.32. The van der Waals surface area contributed by atoms with Crippen LogP contribution in [0.2, 0.25) is 0 Å². The molecule has 0 bridgehead atoms. The summed E-state index contributed by atoms with van der Waals surface area (Å²) in [4.78, 5) is 24.5. The number of hydrogen-bond donors (Lipinski definition) is 0. The van der Waals surface area contributed by atoms with Gasteiger partial charge in [0.1, 0.15) is 5.01 Å². The standard InChI is InChI=1S/C18H17N3OS2/c22-17(12-23-13-7-9-19-10-8-13)21-11-3-5-15(21)18-20-14-4-1-2-6-16(14)24-18/h1-2,4,6-10,15H,3,5,11-12H2/t15-/m0/s1. The fourth-order valence-corrected chi connectivity index (χ4v) is 4.90. The molecule has 122 valence electrons. The first kappa shape index (κ1) is 15.6. The second-order valence-electron chi connectivity index (χ2n) is 5.74. The lowest BCUT2D eigenvalue weighted by Gasteiger charge is -2.23. The van der Waals surface area contributed by atoms with Crippen LogP contribution in [-0.4, -0.2) is 33.1 Å². The Balaban J connectivity index is 1.48. The number of aromatic nitrogens is 2. The van der Waals surface area contributed by atoms with E-state index < -0.39 is 0 Å². The molecule has 0 saturated carbocycles. The van der Waals surface area contributed by atoms with Gasteiger partial charge in [-0.25, -0.2) is 4.98 Å². The van der Waals surface area contributed by atoms with E-state index in [2.05, 4.69) is 11.1 Å². The maximum atomic E-state index is 12.7. The van der Waals surface area contributed by atoms with Gasteiger partial charge in [-0.3, -0.25) is 9.78 Å². The summed E-state index contributed by atoms with van der Waals surface area (Å²) in [5.74, 6) is 0.657. The number of hydrogen-bond acceptors (Lipinski definition) is 5. The average molecular weight is 355 g/mol. The molecule has 1 aliphatic rings. The van der Waals surface area contributed by atoms with E-state index in [1.54, 1.807) is 35.5 Å². The van der Waals surface area contributed by atoms with Crippen molar-refractivity contribution in [3.63, 3.8) is 0 Å². The first-order valence-corrected chi connectivity index (χ1v) is 9.79. The maximum absolute atomic E-state index is 12.7. The van der Waals surface area contributed by atoms with Gasteiger partial charge in [-0.1, -0.05) is 12.1 Å². The molecular formula is C18H17N3OS2. The van der Waals surface area contributed by atoms with E-state index in [4.69, 9.17) is 4.98 Å². The third kappa shape index (κ3) is 3.16. The quantitative estimate of drug-likeness (QED) is 0.660. The molecule has 0 aliphatic carbocycles. The molecule has 3 heterocycles. The molecule has 0 radical (unpaired) electrons. The van der Waals surface area contributed by atoms with Crippen molar-refractivity contribution in [2.75, 3.05) is 12.3 Å². The van der Waals surface area contributed by atoms with E-state index in [0.717, 1.165) is 34.8 Å². The Kier molecular flexibility index (Phi) is 4.49. The number of carbonyl (C=O) groups excluding carboxylic acids is 1. The smallest absolute Gasteiger partial charge is 0.233 e. The van der Waals surface area contributed by atoms with Crippen molar-refractivity contribution in [1.29, 1.82) is 0 Å². The molecule has 1 aromatic carbocycles. The zero-order chi connectivity index (χ0) is 16.4. The monoisotopic (exact) mass is 355 g/mol. The van der Waals surface area contributed by atoms with Crippen LogP contribution in [0.3, 0.4) is 0 Å². The van der Waals surface area contributed by atoms with E-state index in [9.17, 15) is 4.79 Å². The number of nitrogens with zero attached hydrogens (tertiary/aromatic N) is 3. The summed E-state index contributed by atoms with van der Waals surface area (Å²) in [7, 11) is 0. The number of carbonyl (C=O) groups is 1. The van der Waals surface area contributed by atoms with Crippen LogP contribution in [0.25, 0.3) is 10.2 Å². The highest BCUT2D eigenvalue weighted by Crippen LogP contribution is 2.36. The summed E-state index contributed by atoms with van der Waals surface area (Å²) >= 11 is 3.28. The molecule has 6 heteroatoms. The molecule has 1 fully saturated rings. The summed E-state index contributed by atoms with van der Waals surface area (Å²) in [6.07, 6.45) is 5.57. The van der Waals surface area contributed by atoms with Gasteiger partial charge in [-0.2, -0.15) is 0 Å². The second-order valence-corrected chi connectivity index (χ2v) is 7.85. The van der Waals surface area contributed by atoms with Crippen molar-refractivity contribution in [3.05, 3.63) is 53.8 Å². The fraction of sp³-hybridized carbons (Fsp3) is 0.278. The van der Waals surface area contributed by atoms with Crippen molar-refractivity contribution in [2.45, 2.75) is 23.8 Å². The van der Waals surface area contributed by atoms with E-state index in [-0.39, 0.29) is 11.9 Å². The number of amides is 1. The van der Waals surface area contributed by atoms with Crippen LogP contribution in [0, 0.1) is 0 Å². The van der Waals surface area contributed by atoms with Crippen LogP contribution < -0.4 is 0 Å². The highest BCUT2D eigenvalue weighted by atomic mass is 32.2. The van der Waals surface area contributed by atoms with Gasteiger partial charge < -0.3 is 4.90 Å². The van der Waals surface area contributed by atoms with Crippen molar-refractivity contribution in [1.82, 2.24) is 14.9 Å². The average Bonchev–Trinajstić information content (AvgIpc) is 3.26. The second kappa shape index (κ2) is 6.91. The Bertz CT molecular complexity index is 817. The number of pyridine rings is 1. The number of fused-ring (bicyclic) bond motifs is 1. The van der Waals surface area contributed by atoms with Crippen molar-refractivity contribution in [3.8, 4) is 0 Å². The van der Waals surface area contributed by atoms with Gasteiger partial charge in [-0.05, 0) is 37.1 Å². The molecule has 1 saturated heterocycles. The van der Waals surface area contributed by atoms with Crippen LogP contribution in [0.1, 0.15) is 23.9 Å².